The lowest BCUT2D eigenvalue weighted by atomic mass is 9.86. The van der Waals surface area contributed by atoms with E-state index in [2.05, 4.69) is 0 Å². The van der Waals surface area contributed by atoms with Gasteiger partial charge in [0.05, 0.1) is 21.6 Å². The van der Waals surface area contributed by atoms with Crippen LogP contribution in [-0.4, -0.2) is 20.2 Å². The van der Waals surface area contributed by atoms with Crippen LogP contribution >= 0.6 is 0 Å². The Bertz CT molecular complexity index is 820. The number of primary sulfonamides is 1. The van der Waals surface area contributed by atoms with Crippen molar-refractivity contribution in [2.24, 2.45) is 10.6 Å². The number of amides is 2. The lowest BCUT2D eigenvalue weighted by molar-refractivity contribution is -0.140. The van der Waals surface area contributed by atoms with Crippen molar-refractivity contribution in [3.05, 3.63) is 23.8 Å². The highest BCUT2D eigenvalue weighted by Crippen LogP contribution is 2.41. The second kappa shape index (κ2) is 5.55. The van der Waals surface area contributed by atoms with Crippen molar-refractivity contribution in [2.75, 3.05) is 4.90 Å². The molecule has 10 heteroatoms. The normalized spacial score (nSPS) is 22.3. The van der Waals surface area contributed by atoms with Crippen molar-refractivity contribution in [1.82, 2.24) is 0 Å². The lowest BCUT2D eigenvalue weighted by Gasteiger charge is -2.21. The van der Waals surface area contributed by atoms with Gasteiger partial charge in [0, 0.05) is 6.42 Å². The van der Waals surface area contributed by atoms with Crippen molar-refractivity contribution in [3.63, 3.8) is 0 Å². The van der Waals surface area contributed by atoms with Crippen molar-refractivity contribution in [1.29, 1.82) is 0 Å². The van der Waals surface area contributed by atoms with E-state index in [0.29, 0.717) is 23.5 Å². The van der Waals surface area contributed by atoms with E-state index in [1.54, 1.807) is 13.8 Å². The van der Waals surface area contributed by atoms with E-state index in [1.165, 1.54) is 0 Å². The number of nitrogens with zero attached hydrogens (tertiary/aromatic N) is 1. The number of carbonyl (C=O) groups is 2. The molecule has 1 heterocycles. The number of alkyl halides is 3. The van der Waals surface area contributed by atoms with Gasteiger partial charge in [0.2, 0.25) is 21.8 Å². The van der Waals surface area contributed by atoms with Gasteiger partial charge in [-0.05, 0) is 24.6 Å². The molecule has 0 radical (unpaired) electrons. The van der Waals surface area contributed by atoms with Crippen molar-refractivity contribution in [2.45, 2.75) is 37.8 Å². The summed E-state index contributed by atoms with van der Waals surface area (Å²) in [6.45, 7) is 3.25. The molecule has 132 valence electrons. The van der Waals surface area contributed by atoms with Crippen LogP contribution in [0.3, 0.4) is 0 Å². The topological polar surface area (TPSA) is 97.5 Å². The van der Waals surface area contributed by atoms with Crippen molar-refractivity contribution >= 4 is 27.5 Å². The number of sulfonamides is 1. The molecule has 2 amide bonds. The van der Waals surface area contributed by atoms with E-state index in [0.717, 1.165) is 6.07 Å². The number of carbonyl (C=O) groups excluding carboxylic acids is 2. The number of hydrogen-bond acceptors (Lipinski definition) is 4. The van der Waals surface area contributed by atoms with Crippen molar-refractivity contribution < 1.29 is 31.2 Å². The largest absolute Gasteiger partial charge is 0.417 e. The van der Waals surface area contributed by atoms with Crippen LogP contribution in [0.1, 0.15) is 32.3 Å². The first-order valence-electron chi connectivity index (χ1n) is 6.92. The molecule has 1 aliphatic heterocycles. The van der Waals surface area contributed by atoms with E-state index in [1.807, 2.05) is 0 Å². The van der Waals surface area contributed by atoms with Gasteiger partial charge >= 0.3 is 6.18 Å². The molecule has 1 saturated heterocycles. The van der Waals surface area contributed by atoms with Gasteiger partial charge in [-0.15, -0.1) is 0 Å². The molecule has 2 N–H and O–H groups in total. The molecule has 2 rings (SSSR count). The highest BCUT2D eigenvalue weighted by atomic mass is 32.2. The van der Waals surface area contributed by atoms with Gasteiger partial charge in [0.25, 0.3) is 0 Å². The molecule has 1 aliphatic rings. The van der Waals surface area contributed by atoms with Gasteiger partial charge in [0.1, 0.15) is 0 Å². The number of halogens is 3. The fraction of sp³-hybridized carbons (Fsp3) is 0.429. The molecular formula is C14H15F3N2O4S. The Labute approximate surface area is 136 Å². The molecule has 24 heavy (non-hydrogen) atoms. The average molecular weight is 364 g/mol. The first kappa shape index (κ1) is 18.4. The third kappa shape index (κ3) is 3.03. The van der Waals surface area contributed by atoms with Gasteiger partial charge in [-0.1, -0.05) is 13.8 Å². The third-order valence-electron chi connectivity index (χ3n) is 4.12. The fourth-order valence-electron chi connectivity index (χ4n) is 2.54. The number of anilines is 1. The molecule has 0 bridgehead atoms. The van der Waals surface area contributed by atoms with Crippen LogP contribution in [0.2, 0.25) is 0 Å². The van der Waals surface area contributed by atoms with Crippen LogP contribution in [0.5, 0.6) is 0 Å². The molecular weight excluding hydrogens is 349 g/mol. The van der Waals surface area contributed by atoms with Gasteiger partial charge in [-0.25, -0.2) is 13.6 Å². The maximum absolute atomic E-state index is 13.1. The molecule has 0 aromatic heterocycles. The molecule has 0 saturated carbocycles. The molecule has 0 aliphatic carbocycles. The molecule has 1 fully saturated rings. The first-order chi connectivity index (χ1) is 10.8. The van der Waals surface area contributed by atoms with E-state index >= 15 is 0 Å². The zero-order valence-electron chi connectivity index (χ0n) is 12.8. The highest BCUT2D eigenvalue weighted by molar-refractivity contribution is 7.89. The fourth-order valence-corrected chi connectivity index (χ4v) is 3.27. The smallest absolute Gasteiger partial charge is 0.274 e. The van der Waals surface area contributed by atoms with Crippen LogP contribution in [-0.2, 0) is 25.8 Å². The summed E-state index contributed by atoms with van der Waals surface area (Å²) in [4.78, 5) is 24.0. The number of rotatable bonds is 3. The van der Waals surface area contributed by atoms with E-state index in [-0.39, 0.29) is 12.1 Å². The highest BCUT2D eigenvalue weighted by Gasteiger charge is 2.48. The molecule has 1 aromatic carbocycles. The van der Waals surface area contributed by atoms with Crippen LogP contribution in [0, 0.1) is 5.41 Å². The zero-order valence-corrected chi connectivity index (χ0v) is 13.7. The Hall–Kier alpha value is -1.94. The maximum atomic E-state index is 13.1. The standard InChI is InChI=1S/C14H15F3N2O4S/c1-3-13(2)7-11(20)19(12(13)21)8-4-5-10(24(18,22)23)9(6-8)14(15,16)17/h4-6H,3,7H2,1-2H3,(H2,18,22,23). The van der Waals surface area contributed by atoms with Gasteiger partial charge < -0.3 is 0 Å². The predicted octanol–water partition coefficient (Wildman–Crippen LogP) is 2.03. The first-order valence-corrected chi connectivity index (χ1v) is 8.47. The molecule has 1 aromatic rings. The summed E-state index contributed by atoms with van der Waals surface area (Å²) in [6, 6.07) is 2.07. The predicted molar refractivity (Wildman–Crippen MR) is 78.3 cm³/mol. The maximum Gasteiger partial charge on any atom is 0.417 e. The van der Waals surface area contributed by atoms with Gasteiger partial charge in [-0.3, -0.25) is 14.5 Å². The van der Waals surface area contributed by atoms with E-state index in [9.17, 15) is 31.2 Å². The number of benzene rings is 1. The summed E-state index contributed by atoms with van der Waals surface area (Å²) >= 11 is 0. The summed E-state index contributed by atoms with van der Waals surface area (Å²) in [5.41, 5.74) is -2.84. The molecule has 1 atom stereocenters. The van der Waals surface area contributed by atoms with Crippen LogP contribution < -0.4 is 10.0 Å². The lowest BCUT2D eigenvalue weighted by Crippen LogP contribution is -2.34. The molecule has 1 unspecified atom stereocenters. The third-order valence-corrected chi connectivity index (χ3v) is 5.09. The van der Waals surface area contributed by atoms with E-state index < -0.39 is 43.9 Å². The Morgan fingerprint density at radius 2 is 1.88 bits per heavy atom. The summed E-state index contributed by atoms with van der Waals surface area (Å²) in [5, 5.41) is 4.80. The summed E-state index contributed by atoms with van der Waals surface area (Å²) in [7, 11) is -4.62. The zero-order chi connectivity index (χ0) is 18.5. The number of nitrogens with two attached hydrogens (primary N) is 1. The summed E-state index contributed by atoms with van der Waals surface area (Å²) in [6.07, 6.45) is -4.80. The second-order valence-electron chi connectivity index (χ2n) is 5.85. The Morgan fingerprint density at radius 1 is 1.29 bits per heavy atom. The van der Waals surface area contributed by atoms with Gasteiger partial charge in [0.15, 0.2) is 0 Å². The minimum absolute atomic E-state index is 0.124. The Morgan fingerprint density at radius 3 is 2.29 bits per heavy atom. The van der Waals surface area contributed by atoms with Crippen LogP contribution in [0.4, 0.5) is 18.9 Å². The average Bonchev–Trinajstić information content (AvgIpc) is 2.67. The summed E-state index contributed by atoms with van der Waals surface area (Å²) < 4.78 is 62.1. The Kier molecular flexibility index (Phi) is 4.26. The van der Waals surface area contributed by atoms with Crippen LogP contribution in [0.25, 0.3) is 0 Å². The van der Waals surface area contributed by atoms with Gasteiger partial charge in [-0.2, -0.15) is 13.2 Å². The molecule has 0 spiro atoms. The van der Waals surface area contributed by atoms with E-state index in [4.69, 9.17) is 5.14 Å². The minimum Gasteiger partial charge on any atom is -0.274 e. The molecule has 6 nitrogen and oxygen atoms in total. The number of hydrogen-bond donors (Lipinski definition) is 1. The quantitative estimate of drug-likeness (QED) is 0.830. The monoisotopic (exact) mass is 364 g/mol. The summed E-state index contributed by atoms with van der Waals surface area (Å²) in [5.74, 6) is -1.26. The minimum atomic E-state index is -5.02. The van der Waals surface area contributed by atoms with Crippen molar-refractivity contribution in [3.8, 4) is 0 Å². The Balaban J connectivity index is 2.62. The van der Waals surface area contributed by atoms with Crippen LogP contribution in [0.15, 0.2) is 23.1 Å². The second-order valence-corrected chi connectivity index (χ2v) is 7.38. The number of imide groups is 1. The SMILES string of the molecule is CCC1(C)CC(=O)N(c2ccc(S(N)(=O)=O)c(C(F)(F)F)c2)C1=O.